The lowest BCUT2D eigenvalue weighted by Crippen LogP contribution is -2.42. The molecule has 0 saturated heterocycles. The largest absolute Gasteiger partial charge is 0.493 e. The molecule has 1 aliphatic rings. The fourth-order valence-corrected chi connectivity index (χ4v) is 3.59. The lowest BCUT2D eigenvalue weighted by molar-refractivity contribution is -0.127. The Morgan fingerprint density at radius 2 is 1.81 bits per heavy atom. The van der Waals surface area contributed by atoms with Crippen LogP contribution in [0, 0.1) is 0 Å². The highest BCUT2D eigenvalue weighted by Crippen LogP contribution is 2.34. The summed E-state index contributed by atoms with van der Waals surface area (Å²) in [4.78, 5) is 18.3. The molecule has 0 bridgehead atoms. The zero-order chi connectivity index (χ0) is 22.8. The number of benzene rings is 2. The second-order valence-corrected chi connectivity index (χ2v) is 8.12. The number of carbonyl (C=O) groups excluding carboxylic acids is 1. The van der Waals surface area contributed by atoms with E-state index >= 15 is 0 Å². The van der Waals surface area contributed by atoms with E-state index in [2.05, 4.69) is 15.6 Å². The van der Waals surface area contributed by atoms with Crippen molar-refractivity contribution in [2.24, 2.45) is 4.99 Å². The number of carbonyl (C=O) groups is 1. The van der Waals surface area contributed by atoms with Gasteiger partial charge >= 0.3 is 0 Å². The highest BCUT2D eigenvalue weighted by atomic mass is 16.5. The van der Waals surface area contributed by atoms with Gasteiger partial charge < -0.3 is 25.0 Å². The molecule has 1 aliphatic carbocycles. The first-order valence-corrected chi connectivity index (χ1v) is 11.2. The number of hydrogen-bond donors (Lipinski definition) is 2. The molecule has 7 nitrogen and oxygen atoms in total. The summed E-state index contributed by atoms with van der Waals surface area (Å²) in [5.41, 5.74) is 2.09. The van der Waals surface area contributed by atoms with Crippen molar-refractivity contribution in [2.75, 3.05) is 27.7 Å². The first-order chi connectivity index (χ1) is 15.6. The SMILES string of the molecule is COc1cccc(CNC(=NCc2ccccc2)NCC(=O)N(C)C)c1OC1CCCC1. The minimum Gasteiger partial charge on any atom is -0.493 e. The zero-order valence-electron chi connectivity index (χ0n) is 19.3. The molecule has 3 rings (SSSR count). The topological polar surface area (TPSA) is 75.2 Å². The molecular weight excluding hydrogens is 404 g/mol. The van der Waals surface area contributed by atoms with E-state index in [-0.39, 0.29) is 18.6 Å². The highest BCUT2D eigenvalue weighted by molar-refractivity contribution is 5.86. The number of nitrogens with one attached hydrogen (secondary N) is 2. The number of ether oxygens (including phenoxy) is 2. The lowest BCUT2D eigenvalue weighted by Gasteiger charge is -2.20. The molecular formula is C25H34N4O3. The molecule has 2 aromatic carbocycles. The van der Waals surface area contributed by atoms with E-state index in [0.717, 1.165) is 35.5 Å². The van der Waals surface area contributed by atoms with Crippen LogP contribution in [-0.4, -0.2) is 50.6 Å². The maximum absolute atomic E-state index is 12.1. The molecule has 0 heterocycles. The van der Waals surface area contributed by atoms with Gasteiger partial charge in [-0.1, -0.05) is 42.5 Å². The van der Waals surface area contributed by atoms with Crippen molar-refractivity contribution in [3.05, 3.63) is 59.7 Å². The first kappa shape index (κ1) is 23.4. The summed E-state index contributed by atoms with van der Waals surface area (Å²) in [6.45, 7) is 1.17. The maximum atomic E-state index is 12.1. The number of amides is 1. The van der Waals surface area contributed by atoms with Crippen LogP contribution in [0.1, 0.15) is 36.8 Å². The average Bonchev–Trinajstić information content (AvgIpc) is 3.32. The number of para-hydroxylation sites is 1. The molecule has 7 heteroatoms. The van der Waals surface area contributed by atoms with E-state index < -0.39 is 0 Å². The summed E-state index contributed by atoms with van der Waals surface area (Å²) in [6.07, 6.45) is 4.78. The minimum absolute atomic E-state index is 0.0224. The molecule has 0 aromatic heterocycles. The van der Waals surface area contributed by atoms with Crippen LogP contribution >= 0.6 is 0 Å². The van der Waals surface area contributed by atoms with Gasteiger partial charge in [-0.15, -0.1) is 0 Å². The summed E-state index contributed by atoms with van der Waals surface area (Å²) in [6, 6.07) is 15.9. The smallest absolute Gasteiger partial charge is 0.241 e. The van der Waals surface area contributed by atoms with Crippen molar-refractivity contribution in [3.63, 3.8) is 0 Å². The number of methoxy groups -OCH3 is 1. The fourth-order valence-electron chi connectivity index (χ4n) is 3.59. The highest BCUT2D eigenvalue weighted by Gasteiger charge is 2.20. The Morgan fingerprint density at radius 1 is 1.06 bits per heavy atom. The molecule has 1 saturated carbocycles. The van der Waals surface area contributed by atoms with Crippen molar-refractivity contribution >= 4 is 11.9 Å². The van der Waals surface area contributed by atoms with Gasteiger partial charge in [0.05, 0.1) is 26.3 Å². The number of hydrogen-bond acceptors (Lipinski definition) is 4. The molecule has 2 aromatic rings. The molecule has 0 aliphatic heterocycles. The second kappa shape index (κ2) is 12.0. The summed E-state index contributed by atoms with van der Waals surface area (Å²) in [5, 5.41) is 6.49. The van der Waals surface area contributed by atoms with Crippen LogP contribution in [0.2, 0.25) is 0 Å². The summed E-state index contributed by atoms with van der Waals surface area (Å²) >= 11 is 0. The number of likely N-dealkylation sites (N-methyl/N-ethyl adjacent to an activating group) is 1. The Bertz CT molecular complexity index is 893. The van der Waals surface area contributed by atoms with Crippen molar-refractivity contribution in [1.29, 1.82) is 0 Å². The van der Waals surface area contributed by atoms with Gasteiger partial charge in [0.1, 0.15) is 0 Å². The van der Waals surface area contributed by atoms with E-state index in [1.165, 1.54) is 12.8 Å². The molecule has 0 unspecified atom stereocenters. The zero-order valence-corrected chi connectivity index (χ0v) is 19.3. The standard InChI is InChI=1S/C25H34N4O3/c1-29(2)23(30)18-28-25(26-16-19-10-5-4-6-11-19)27-17-20-12-9-15-22(31-3)24(20)32-21-13-7-8-14-21/h4-6,9-12,15,21H,7-8,13-14,16-18H2,1-3H3,(H2,26,27,28). The van der Waals surface area contributed by atoms with E-state index in [0.29, 0.717) is 19.0 Å². The Kier molecular flexibility index (Phi) is 8.78. The van der Waals surface area contributed by atoms with Gasteiger partial charge in [-0.05, 0) is 37.3 Å². The van der Waals surface area contributed by atoms with Gasteiger partial charge in [-0.25, -0.2) is 4.99 Å². The number of aliphatic imine (C=N–C) groups is 1. The lowest BCUT2D eigenvalue weighted by atomic mass is 10.1. The Morgan fingerprint density at radius 3 is 2.50 bits per heavy atom. The third-order valence-corrected chi connectivity index (χ3v) is 5.48. The maximum Gasteiger partial charge on any atom is 0.241 e. The summed E-state index contributed by atoms with van der Waals surface area (Å²) < 4.78 is 11.9. The van der Waals surface area contributed by atoms with E-state index in [4.69, 9.17) is 9.47 Å². The van der Waals surface area contributed by atoms with Crippen LogP contribution in [0.25, 0.3) is 0 Å². The van der Waals surface area contributed by atoms with Crippen molar-refractivity contribution in [2.45, 2.75) is 44.9 Å². The van der Waals surface area contributed by atoms with Crippen LogP contribution in [0.3, 0.4) is 0 Å². The minimum atomic E-state index is -0.0224. The quantitative estimate of drug-likeness (QED) is 0.464. The Balaban J connectivity index is 1.73. The predicted molar refractivity (Wildman–Crippen MR) is 127 cm³/mol. The van der Waals surface area contributed by atoms with Crippen LogP contribution in [-0.2, 0) is 17.9 Å². The molecule has 1 amide bonds. The Hall–Kier alpha value is -3.22. The third kappa shape index (κ3) is 6.90. The van der Waals surface area contributed by atoms with Gasteiger partial charge in [0, 0.05) is 26.2 Å². The van der Waals surface area contributed by atoms with Crippen molar-refractivity contribution in [3.8, 4) is 11.5 Å². The molecule has 172 valence electrons. The first-order valence-electron chi connectivity index (χ1n) is 11.2. The molecule has 0 atom stereocenters. The van der Waals surface area contributed by atoms with E-state index in [9.17, 15) is 4.79 Å². The average molecular weight is 439 g/mol. The molecule has 0 radical (unpaired) electrons. The monoisotopic (exact) mass is 438 g/mol. The summed E-state index contributed by atoms with van der Waals surface area (Å²) in [7, 11) is 5.14. The number of nitrogens with zero attached hydrogens (tertiary/aromatic N) is 2. The molecule has 2 N–H and O–H groups in total. The predicted octanol–water partition coefficient (Wildman–Crippen LogP) is 3.34. The van der Waals surface area contributed by atoms with Gasteiger partial charge in [0.25, 0.3) is 0 Å². The molecule has 1 fully saturated rings. The number of guanidine groups is 1. The van der Waals surface area contributed by atoms with Crippen molar-refractivity contribution < 1.29 is 14.3 Å². The molecule has 32 heavy (non-hydrogen) atoms. The number of rotatable bonds is 9. The van der Waals surface area contributed by atoms with Crippen LogP contribution < -0.4 is 20.1 Å². The summed E-state index contributed by atoms with van der Waals surface area (Å²) in [5.74, 6) is 2.06. The van der Waals surface area contributed by atoms with Gasteiger partial charge in [0.2, 0.25) is 5.91 Å². The van der Waals surface area contributed by atoms with E-state index in [1.807, 2.05) is 48.5 Å². The van der Waals surface area contributed by atoms with Gasteiger partial charge in [0.15, 0.2) is 17.5 Å². The van der Waals surface area contributed by atoms with Crippen LogP contribution in [0.15, 0.2) is 53.5 Å². The fraction of sp³-hybridized carbons (Fsp3) is 0.440. The Labute approximate surface area is 190 Å². The molecule has 0 spiro atoms. The van der Waals surface area contributed by atoms with Gasteiger partial charge in [-0.3, -0.25) is 4.79 Å². The van der Waals surface area contributed by atoms with E-state index in [1.54, 1.807) is 26.1 Å². The van der Waals surface area contributed by atoms with Crippen LogP contribution in [0.5, 0.6) is 11.5 Å². The third-order valence-electron chi connectivity index (χ3n) is 5.48. The normalized spacial score (nSPS) is 14.2. The van der Waals surface area contributed by atoms with Crippen molar-refractivity contribution in [1.82, 2.24) is 15.5 Å². The van der Waals surface area contributed by atoms with Crippen LogP contribution in [0.4, 0.5) is 0 Å². The van der Waals surface area contributed by atoms with Gasteiger partial charge in [-0.2, -0.15) is 0 Å². The second-order valence-electron chi connectivity index (χ2n) is 8.12.